The molecule has 0 aliphatic carbocycles. The quantitative estimate of drug-likeness (QED) is 0.418. The molecule has 0 aliphatic rings. The molecule has 0 saturated carbocycles. The molecule has 0 spiro atoms. The van der Waals surface area contributed by atoms with Crippen LogP contribution in [0.2, 0.25) is 0 Å². The van der Waals surface area contributed by atoms with Gasteiger partial charge in [0, 0.05) is 0 Å². The van der Waals surface area contributed by atoms with Crippen molar-refractivity contribution in [2.75, 3.05) is 0 Å². The first-order chi connectivity index (χ1) is 0. The van der Waals surface area contributed by atoms with Gasteiger partial charge in [0.1, 0.15) is 0 Å². The van der Waals surface area contributed by atoms with Crippen molar-refractivity contribution in [1.82, 2.24) is 0 Å². The monoisotopic (exact) mass is 265 g/mol. The van der Waals surface area contributed by atoms with Crippen molar-refractivity contribution in [2.45, 2.75) is 0 Å². The summed E-state index contributed by atoms with van der Waals surface area (Å²) in [6, 6.07) is 0. The van der Waals surface area contributed by atoms with Gasteiger partial charge < -0.3 is 42.7 Å². The van der Waals surface area contributed by atoms with Crippen molar-refractivity contribution in [2.24, 2.45) is 0 Å². The fourth-order valence-electron chi connectivity index (χ4n) is 0. The molecular formula is H2Cl3NdO. The van der Waals surface area contributed by atoms with E-state index in [0.717, 1.165) is 0 Å². The predicted molar refractivity (Wildman–Crippen MR) is 3.61 cm³/mol. The summed E-state index contributed by atoms with van der Waals surface area (Å²) in [7, 11) is 0. The second-order valence-corrected chi connectivity index (χ2v) is 0. The molecule has 0 aromatic carbocycles. The topological polar surface area (TPSA) is 31.5 Å². The molecule has 0 aliphatic heterocycles. The van der Waals surface area contributed by atoms with E-state index in [4.69, 9.17) is 0 Å². The summed E-state index contributed by atoms with van der Waals surface area (Å²) in [5.41, 5.74) is 0. The Morgan fingerprint density at radius 2 is 0.600 bits per heavy atom. The summed E-state index contributed by atoms with van der Waals surface area (Å²) in [6.45, 7) is 0. The molecule has 0 heterocycles. The van der Waals surface area contributed by atoms with E-state index >= 15 is 0 Å². The maximum Gasteiger partial charge on any atom is 3.00 e. The predicted octanol–water partition coefficient (Wildman–Crippen LogP) is -9.81. The smallest absolute Gasteiger partial charge is 1.00 e. The van der Waals surface area contributed by atoms with E-state index in [-0.39, 0.29) is 83.5 Å². The number of hydrogen-bond donors (Lipinski definition) is 0. The van der Waals surface area contributed by atoms with Crippen LogP contribution in [0, 0.1) is 40.8 Å². The van der Waals surface area contributed by atoms with Gasteiger partial charge in [-0.15, -0.1) is 0 Å². The third-order valence-corrected chi connectivity index (χ3v) is 0. The summed E-state index contributed by atoms with van der Waals surface area (Å²) in [5.74, 6) is 0. The van der Waals surface area contributed by atoms with Gasteiger partial charge in [0.2, 0.25) is 0 Å². The van der Waals surface area contributed by atoms with Crippen molar-refractivity contribution >= 4 is 0 Å². The molecule has 0 fully saturated rings. The van der Waals surface area contributed by atoms with E-state index < -0.39 is 0 Å². The maximum absolute atomic E-state index is 0. The maximum atomic E-state index is 0. The molecular weight excluding hydrogens is 267 g/mol. The van der Waals surface area contributed by atoms with Crippen LogP contribution in [-0.2, 0) is 0 Å². The van der Waals surface area contributed by atoms with Gasteiger partial charge in [-0.2, -0.15) is 0 Å². The summed E-state index contributed by atoms with van der Waals surface area (Å²) in [4.78, 5) is 0. The van der Waals surface area contributed by atoms with Gasteiger partial charge in [-0.25, -0.2) is 0 Å². The van der Waals surface area contributed by atoms with Crippen molar-refractivity contribution < 1.29 is 83.5 Å². The zero-order chi connectivity index (χ0) is 0. The molecule has 1 nitrogen and oxygen atoms in total. The first-order valence-corrected chi connectivity index (χ1v) is 0. The third kappa shape index (κ3) is 22.7. The molecule has 0 aromatic heterocycles. The Labute approximate surface area is 82.3 Å². The number of rotatable bonds is 0. The van der Waals surface area contributed by atoms with Gasteiger partial charge in [0.05, 0.1) is 0 Å². The molecule has 0 saturated heterocycles. The average molecular weight is 269 g/mol. The fourth-order valence-corrected chi connectivity index (χ4v) is 0. The second kappa shape index (κ2) is 34.9. The Kier molecular flexibility index (Phi) is 402. The zero-order valence-electron chi connectivity index (χ0n) is 2.13. The zero-order valence-corrected chi connectivity index (χ0v) is 7.61. The van der Waals surface area contributed by atoms with E-state index in [1.54, 1.807) is 0 Å². The van der Waals surface area contributed by atoms with Gasteiger partial charge in [0.15, 0.2) is 0 Å². The molecule has 0 rings (SSSR count). The van der Waals surface area contributed by atoms with Crippen LogP contribution in [0.5, 0.6) is 0 Å². The van der Waals surface area contributed by atoms with Crippen molar-refractivity contribution in [3.05, 3.63) is 0 Å². The van der Waals surface area contributed by atoms with E-state index in [0.29, 0.717) is 0 Å². The Balaban J connectivity index is 0. The molecule has 2 N–H and O–H groups in total. The van der Waals surface area contributed by atoms with Crippen LogP contribution in [0.3, 0.4) is 0 Å². The van der Waals surface area contributed by atoms with Gasteiger partial charge in [-0.3, -0.25) is 0 Å². The summed E-state index contributed by atoms with van der Waals surface area (Å²) < 4.78 is 0. The van der Waals surface area contributed by atoms with Crippen LogP contribution in [0.15, 0.2) is 0 Å². The van der Waals surface area contributed by atoms with Crippen molar-refractivity contribution in [3.63, 3.8) is 0 Å². The Morgan fingerprint density at radius 3 is 0.600 bits per heavy atom. The normalized spacial score (nSPS) is 0. The van der Waals surface area contributed by atoms with Gasteiger partial charge in [-0.1, -0.05) is 0 Å². The molecule has 0 aromatic rings. The van der Waals surface area contributed by atoms with Gasteiger partial charge in [-0.05, 0) is 0 Å². The van der Waals surface area contributed by atoms with Crippen molar-refractivity contribution in [1.29, 1.82) is 0 Å². The number of hydrogen-bond acceptors (Lipinski definition) is 0. The molecule has 33 valence electrons. The van der Waals surface area contributed by atoms with Crippen molar-refractivity contribution in [3.8, 4) is 0 Å². The second-order valence-electron chi connectivity index (χ2n) is 0. The minimum absolute atomic E-state index is 0. The number of halogens is 3. The van der Waals surface area contributed by atoms with Crippen LogP contribution in [0.4, 0.5) is 0 Å². The van der Waals surface area contributed by atoms with E-state index in [2.05, 4.69) is 0 Å². The van der Waals surface area contributed by atoms with Gasteiger partial charge in [0.25, 0.3) is 0 Å². The molecule has 0 bridgehead atoms. The van der Waals surface area contributed by atoms with E-state index in [1.165, 1.54) is 0 Å². The van der Waals surface area contributed by atoms with Crippen LogP contribution in [0.1, 0.15) is 0 Å². The average Bonchev–Trinajstić information content (AvgIpc) is 0. The summed E-state index contributed by atoms with van der Waals surface area (Å²) in [6.07, 6.45) is 0. The van der Waals surface area contributed by atoms with Gasteiger partial charge >= 0.3 is 40.8 Å². The van der Waals surface area contributed by atoms with Crippen LogP contribution < -0.4 is 37.2 Å². The molecule has 5 heavy (non-hydrogen) atoms. The standard InChI is InChI=1S/3ClH.Nd.H2O/h3*1H;;1H2/q;;;+3;/p-3. The summed E-state index contributed by atoms with van der Waals surface area (Å²) >= 11 is 0. The van der Waals surface area contributed by atoms with Crippen LogP contribution in [0.25, 0.3) is 0 Å². The van der Waals surface area contributed by atoms with E-state index in [9.17, 15) is 0 Å². The molecule has 0 amide bonds. The van der Waals surface area contributed by atoms with Crippen LogP contribution in [-0.4, -0.2) is 5.48 Å². The summed E-state index contributed by atoms with van der Waals surface area (Å²) in [5, 5.41) is 0. The third-order valence-electron chi connectivity index (χ3n) is 0. The molecule has 0 unspecified atom stereocenters. The Hall–Kier alpha value is 2.18. The molecule has 5 heteroatoms. The van der Waals surface area contributed by atoms with Crippen LogP contribution >= 0.6 is 0 Å². The largest absolute Gasteiger partial charge is 3.00 e. The fraction of sp³-hybridized carbons (Fsp3) is 0. The molecule has 0 atom stereocenters. The van der Waals surface area contributed by atoms with E-state index in [1.807, 2.05) is 0 Å². The minimum Gasteiger partial charge on any atom is -1.00 e. The Morgan fingerprint density at radius 1 is 0.600 bits per heavy atom. The Bertz CT molecular complexity index is 6.85. The first kappa shape index (κ1) is 57.7. The molecule has 1 radical (unpaired) electrons. The minimum atomic E-state index is 0. The first-order valence-electron chi connectivity index (χ1n) is 0. The SMILES string of the molecule is O.[Cl-].[Cl-].[Cl-].[Nd+3].